The van der Waals surface area contributed by atoms with Crippen LogP contribution in [0.1, 0.15) is 44.1 Å². The molecular formula is C22H26N4O3S2. The van der Waals surface area contributed by atoms with Crippen LogP contribution in [0, 0.1) is 0 Å². The Morgan fingerprint density at radius 3 is 2.48 bits per heavy atom. The third-order valence-corrected chi connectivity index (χ3v) is 7.68. The number of rotatable bonds is 7. The molecule has 164 valence electrons. The van der Waals surface area contributed by atoms with Gasteiger partial charge in [-0.15, -0.1) is 0 Å². The zero-order valence-corrected chi connectivity index (χ0v) is 18.8. The van der Waals surface area contributed by atoms with E-state index >= 15 is 0 Å². The molecule has 0 aliphatic heterocycles. The van der Waals surface area contributed by atoms with Gasteiger partial charge in [-0.2, -0.15) is 13.5 Å². The number of benzene rings is 2. The minimum Gasteiger partial charge on any atom is -0.352 e. The molecule has 2 N–H and O–H groups in total. The molecule has 1 heterocycles. The Bertz CT molecular complexity index is 1120. The molecule has 4 rings (SSSR count). The highest BCUT2D eigenvalue weighted by molar-refractivity contribution is 7.89. The summed E-state index contributed by atoms with van der Waals surface area (Å²) in [5.41, 5.74) is 1.73. The molecule has 1 fully saturated rings. The van der Waals surface area contributed by atoms with E-state index in [0.717, 1.165) is 43.0 Å². The van der Waals surface area contributed by atoms with Gasteiger partial charge < -0.3 is 5.32 Å². The quantitative estimate of drug-likeness (QED) is 0.528. The molecule has 1 atom stereocenters. The highest BCUT2D eigenvalue weighted by Crippen LogP contribution is 2.22. The summed E-state index contributed by atoms with van der Waals surface area (Å²) in [6.45, 7) is 0. The second-order valence-corrected chi connectivity index (χ2v) is 10.2. The SMILES string of the molecule is O=C(NC1CCCCCC1)[C@@H](Cc1ccccc1)NS(=O)(=O)c1cccc2nsnc12. The summed E-state index contributed by atoms with van der Waals surface area (Å²) < 4.78 is 37.4. The van der Waals surface area contributed by atoms with Crippen LogP contribution in [0.4, 0.5) is 0 Å². The number of nitrogens with zero attached hydrogens (tertiary/aromatic N) is 2. The number of nitrogens with one attached hydrogen (secondary N) is 2. The van der Waals surface area contributed by atoms with Crippen molar-refractivity contribution in [1.82, 2.24) is 18.8 Å². The van der Waals surface area contributed by atoms with Gasteiger partial charge in [0.2, 0.25) is 15.9 Å². The third-order valence-electron chi connectivity index (χ3n) is 5.64. The molecule has 1 aromatic heterocycles. The maximum atomic E-state index is 13.2. The van der Waals surface area contributed by atoms with Crippen molar-refractivity contribution in [3.8, 4) is 0 Å². The Morgan fingerprint density at radius 2 is 1.74 bits per heavy atom. The zero-order chi connectivity index (χ0) is 21.7. The van der Waals surface area contributed by atoms with E-state index in [1.165, 1.54) is 18.9 Å². The monoisotopic (exact) mass is 458 g/mol. The molecule has 3 aromatic rings. The van der Waals surface area contributed by atoms with Crippen LogP contribution in [0.5, 0.6) is 0 Å². The first-order valence-electron chi connectivity index (χ1n) is 10.6. The molecule has 1 aliphatic rings. The highest BCUT2D eigenvalue weighted by atomic mass is 32.2. The molecule has 1 amide bonds. The lowest BCUT2D eigenvalue weighted by atomic mass is 10.0. The van der Waals surface area contributed by atoms with Crippen LogP contribution in [0.2, 0.25) is 0 Å². The number of fused-ring (bicyclic) bond motifs is 1. The Balaban J connectivity index is 1.58. The van der Waals surface area contributed by atoms with Gasteiger partial charge in [-0.25, -0.2) is 8.42 Å². The van der Waals surface area contributed by atoms with E-state index in [0.29, 0.717) is 11.0 Å². The van der Waals surface area contributed by atoms with Crippen molar-refractivity contribution < 1.29 is 13.2 Å². The Kier molecular flexibility index (Phi) is 6.94. The number of amides is 1. The molecule has 7 nitrogen and oxygen atoms in total. The maximum Gasteiger partial charge on any atom is 0.243 e. The van der Waals surface area contributed by atoms with E-state index in [9.17, 15) is 13.2 Å². The van der Waals surface area contributed by atoms with Gasteiger partial charge in [-0.3, -0.25) is 4.79 Å². The van der Waals surface area contributed by atoms with Crippen molar-refractivity contribution in [2.75, 3.05) is 0 Å². The number of aromatic nitrogens is 2. The molecule has 1 saturated carbocycles. The summed E-state index contributed by atoms with van der Waals surface area (Å²) in [5, 5.41) is 3.09. The number of carbonyl (C=O) groups excluding carboxylic acids is 1. The standard InChI is InChI=1S/C22H26N4O3S2/c27-22(23-17-11-6-1-2-7-12-17)19(15-16-9-4-3-5-10-16)26-31(28,29)20-14-8-13-18-21(20)25-30-24-18/h3-5,8-10,13-14,17,19,26H,1-2,6-7,11-12,15H2,(H,23,27)/t19-/m1/s1. The number of sulfonamides is 1. The van der Waals surface area contributed by atoms with Crippen molar-refractivity contribution in [2.24, 2.45) is 0 Å². The Labute approximate surface area is 186 Å². The third kappa shape index (κ3) is 5.47. The summed E-state index contributed by atoms with van der Waals surface area (Å²) in [4.78, 5) is 13.2. The van der Waals surface area contributed by atoms with Crippen molar-refractivity contribution >= 4 is 38.7 Å². The van der Waals surface area contributed by atoms with Crippen LogP contribution < -0.4 is 10.0 Å². The average Bonchev–Trinajstić information content (AvgIpc) is 3.10. The summed E-state index contributed by atoms with van der Waals surface area (Å²) in [7, 11) is -3.98. The second-order valence-electron chi connectivity index (χ2n) is 7.95. The molecule has 0 saturated heterocycles. The first-order valence-corrected chi connectivity index (χ1v) is 12.8. The van der Waals surface area contributed by atoms with Gasteiger partial charge in [-0.05, 0) is 37.0 Å². The van der Waals surface area contributed by atoms with Gasteiger partial charge >= 0.3 is 0 Å². The predicted molar refractivity (Wildman–Crippen MR) is 121 cm³/mol. The summed E-state index contributed by atoms with van der Waals surface area (Å²) in [6, 6.07) is 13.5. The smallest absolute Gasteiger partial charge is 0.243 e. The first kappa shape index (κ1) is 21.9. The Morgan fingerprint density at radius 1 is 1.00 bits per heavy atom. The molecule has 2 aromatic carbocycles. The fraction of sp³-hybridized carbons (Fsp3) is 0.409. The molecule has 1 aliphatic carbocycles. The minimum absolute atomic E-state index is 0.0408. The number of hydrogen-bond donors (Lipinski definition) is 2. The maximum absolute atomic E-state index is 13.2. The topological polar surface area (TPSA) is 101 Å². The van der Waals surface area contributed by atoms with Crippen LogP contribution in [-0.2, 0) is 21.2 Å². The molecule has 0 unspecified atom stereocenters. The van der Waals surface area contributed by atoms with E-state index in [4.69, 9.17) is 0 Å². The van der Waals surface area contributed by atoms with Crippen LogP contribution >= 0.6 is 11.7 Å². The van der Waals surface area contributed by atoms with Crippen molar-refractivity contribution in [2.45, 2.75) is 61.9 Å². The lowest BCUT2D eigenvalue weighted by Crippen LogP contribution is -2.50. The average molecular weight is 459 g/mol. The number of carbonyl (C=O) groups is 1. The van der Waals surface area contributed by atoms with E-state index in [1.54, 1.807) is 12.1 Å². The van der Waals surface area contributed by atoms with E-state index in [2.05, 4.69) is 18.8 Å². The zero-order valence-electron chi connectivity index (χ0n) is 17.2. The van der Waals surface area contributed by atoms with Crippen molar-refractivity contribution in [1.29, 1.82) is 0 Å². The van der Waals surface area contributed by atoms with Gasteiger partial charge in [0.25, 0.3) is 0 Å². The molecular weight excluding hydrogens is 432 g/mol. The van der Waals surface area contributed by atoms with E-state index < -0.39 is 16.1 Å². The summed E-state index contributed by atoms with van der Waals surface area (Å²) >= 11 is 0.965. The van der Waals surface area contributed by atoms with E-state index in [-0.39, 0.29) is 23.3 Å². The fourth-order valence-corrected chi connectivity index (χ4v) is 5.97. The minimum atomic E-state index is -3.98. The normalized spacial score (nSPS) is 16.6. The summed E-state index contributed by atoms with van der Waals surface area (Å²) in [6.07, 6.45) is 6.65. The van der Waals surface area contributed by atoms with Gasteiger partial charge in [-0.1, -0.05) is 62.1 Å². The Hall–Kier alpha value is -2.36. The summed E-state index contributed by atoms with van der Waals surface area (Å²) in [5.74, 6) is -0.289. The van der Waals surface area contributed by atoms with Crippen LogP contribution in [-0.4, -0.2) is 35.2 Å². The highest BCUT2D eigenvalue weighted by Gasteiger charge is 2.29. The predicted octanol–water partition coefficient (Wildman–Crippen LogP) is 3.42. The van der Waals surface area contributed by atoms with E-state index in [1.807, 2.05) is 30.3 Å². The fourth-order valence-electron chi connectivity index (χ4n) is 4.01. The molecule has 9 heteroatoms. The molecule has 0 radical (unpaired) electrons. The second kappa shape index (κ2) is 9.84. The number of hydrogen-bond acceptors (Lipinski definition) is 6. The lowest BCUT2D eigenvalue weighted by molar-refractivity contribution is -0.123. The molecule has 0 spiro atoms. The van der Waals surface area contributed by atoms with Crippen LogP contribution in [0.3, 0.4) is 0 Å². The van der Waals surface area contributed by atoms with Gasteiger partial charge in [0, 0.05) is 6.04 Å². The molecule has 0 bridgehead atoms. The molecule has 31 heavy (non-hydrogen) atoms. The van der Waals surface area contributed by atoms with Gasteiger partial charge in [0.15, 0.2) is 0 Å². The largest absolute Gasteiger partial charge is 0.352 e. The van der Waals surface area contributed by atoms with Crippen LogP contribution in [0.15, 0.2) is 53.4 Å². The van der Waals surface area contributed by atoms with Crippen molar-refractivity contribution in [3.05, 3.63) is 54.1 Å². The van der Waals surface area contributed by atoms with Gasteiger partial charge in [0.1, 0.15) is 22.0 Å². The lowest BCUT2D eigenvalue weighted by Gasteiger charge is -2.23. The van der Waals surface area contributed by atoms with Gasteiger partial charge in [0.05, 0.1) is 11.7 Å². The first-order chi connectivity index (χ1) is 15.0. The van der Waals surface area contributed by atoms with Crippen LogP contribution in [0.25, 0.3) is 11.0 Å². The van der Waals surface area contributed by atoms with Crippen molar-refractivity contribution in [3.63, 3.8) is 0 Å².